The zero-order valence-electron chi connectivity index (χ0n) is 14.5. The molecule has 0 aliphatic carbocycles. The van der Waals surface area contributed by atoms with Gasteiger partial charge in [0.2, 0.25) is 0 Å². The van der Waals surface area contributed by atoms with Crippen molar-refractivity contribution in [3.8, 4) is 0 Å². The van der Waals surface area contributed by atoms with Gasteiger partial charge in [-0.2, -0.15) is 0 Å². The van der Waals surface area contributed by atoms with Crippen molar-refractivity contribution in [2.45, 2.75) is 40.5 Å². The van der Waals surface area contributed by atoms with Crippen molar-refractivity contribution >= 4 is 5.91 Å². The van der Waals surface area contributed by atoms with E-state index in [1.807, 2.05) is 19.1 Å². The molecule has 122 valence electrons. The number of carbonyl (C=O) groups is 1. The first-order chi connectivity index (χ1) is 10.5. The summed E-state index contributed by atoms with van der Waals surface area (Å²) in [6, 6.07) is 5.98. The Labute approximate surface area is 135 Å². The van der Waals surface area contributed by atoms with Crippen molar-refractivity contribution in [2.24, 2.45) is 11.8 Å². The third-order valence-electron chi connectivity index (χ3n) is 4.51. The van der Waals surface area contributed by atoms with Crippen LogP contribution in [-0.4, -0.2) is 37.0 Å². The fraction of sp³-hybridized carbons (Fsp3) is 0.632. The number of piperidine rings is 1. The van der Waals surface area contributed by atoms with Gasteiger partial charge in [-0.3, -0.25) is 4.79 Å². The highest BCUT2D eigenvalue weighted by atomic mass is 16.1. The Morgan fingerprint density at radius 2 is 1.91 bits per heavy atom. The Bertz CT molecular complexity index is 502. The lowest BCUT2D eigenvalue weighted by Gasteiger charge is -2.34. The van der Waals surface area contributed by atoms with Gasteiger partial charge in [-0.15, -0.1) is 0 Å². The molecular formula is C19H30N2O. The van der Waals surface area contributed by atoms with E-state index in [9.17, 15) is 4.79 Å². The molecule has 1 N–H and O–H groups in total. The molecule has 1 saturated heterocycles. The van der Waals surface area contributed by atoms with Gasteiger partial charge in [0, 0.05) is 25.2 Å². The minimum Gasteiger partial charge on any atom is -0.352 e. The van der Waals surface area contributed by atoms with Gasteiger partial charge in [-0.25, -0.2) is 0 Å². The van der Waals surface area contributed by atoms with Crippen molar-refractivity contribution in [1.82, 2.24) is 10.2 Å². The van der Waals surface area contributed by atoms with Crippen molar-refractivity contribution < 1.29 is 4.79 Å². The van der Waals surface area contributed by atoms with Crippen LogP contribution >= 0.6 is 0 Å². The second kappa shape index (κ2) is 7.77. The maximum absolute atomic E-state index is 12.2. The number of carbonyl (C=O) groups excluding carboxylic acids is 1. The molecule has 1 amide bonds. The first-order valence-corrected chi connectivity index (χ1v) is 8.53. The summed E-state index contributed by atoms with van der Waals surface area (Å²) in [5.74, 6) is 1.65. The van der Waals surface area contributed by atoms with E-state index in [0.29, 0.717) is 0 Å². The van der Waals surface area contributed by atoms with Crippen molar-refractivity contribution in [2.75, 3.05) is 26.2 Å². The number of nitrogens with zero attached hydrogens (tertiary/aromatic N) is 1. The smallest absolute Gasteiger partial charge is 0.251 e. The minimum absolute atomic E-state index is 0.0536. The Morgan fingerprint density at radius 3 is 2.55 bits per heavy atom. The predicted octanol–water partition coefficient (Wildman–Crippen LogP) is 3.40. The van der Waals surface area contributed by atoms with Gasteiger partial charge in [-0.1, -0.05) is 31.5 Å². The summed E-state index contributed by atoms with van der Waals surface area (Å²) in [5.41, 5.74) is 3.05. The molecule has 0 spiro atoms. The van der Waals surface area contributed by atoms with Crippen LogP contribution in [0.25, 0.3) is 0 Å². The number of rotatable bonds is 5. The fourth-order valence-corrected chi connectivity index (χ4v) is 3.64. The number of amides is 1. The highest BCUT2D eigenvalue weighted by Gasteiger charge is 2.21. The lowest BCUT2D eigenvalue weighted by Crippen LogP contribution is -2.40. The van der Waals surface area contributed by atoms with Crippen LogP contribution in [0, 0.1) is 25.7 Å². The Morgan fingerprint density at radius 1 is 1.23 bits per heavy atom. The Kier molecular flexibility index (Phi) is 6.01. The zero-order chi connectivity index (χ0) is 16.1. The van der Waals surface area contributed by atoms with Gasteiger partial charge in [0.1, 0.15) is 0 Å². The van der Waals surface area contributed by atoms with E-state index in [1.165, 1.54) is 25.1 Å². The standard InChI is InChI=1S/C19H30N2O/c1-14-6-7-18(17(4)11-14)19(22)20-8-5-9-21-12-15(2)10-16(3)13-21/h6-7,11,15-16H,5,8-10,12-13H2,1-4H3,(H,20,22). The first-order valence-electron chi connectivity index (χ1n) is 8.53. The summed E-state index contributed by atoms with van der Waals surface area (Å²) in [6.07, 6.45) is 2.37. The lowest BCUT2D eigenvalue weighted by molar-refractivity contribution is 0.0946. The molecule has 1 aromatic rings. The largest absolute Gasteiger partial charge is 0.352 e. The quantitative estimate of drug-likeness (QED) is 0.846. The zero-order valence-corrected chi connectivity index (χ0v) is 14.5. The van der Waals surface area contributed by atoms with Gasteiger partial charge in [0.15, 0.2) is 0 Å². The molecule has 1 fully saturated rings. The van der Waals surface area contributed by atoms with Gasteiger partial charge in [0.25, 0.3) is 5.91 Å². The van der Waals surface area contributed by atoms with Crippen molar-refractivity contribution in [3.63, 3.8) is 0 Å². The molecule has 0 saturated carbocycles. The van der Waals surface area contributed by atoms with Crippen LogP contribution in [0.5, 0.6) is 0 Å². The van der Waals surface area contributed by atoms with Gasteiger partial charge >= 0.3 is 0 Å². The number of likely N-dealkylation sites (tertiary alicyclic amines) is 1. The van der Waals surface area contributed by atoms with E-state index < -0.39 is 0 Å². The number of nitrogens with one attached hydrogen (secondary N) is 1. The monoisotopic (exact) mass is 302 g/mol. The van der Waals surface area contributed by atoms with Crippen molar-refractivity contribution in [3.05, 3.63) is 34.9 Å². The molecule has 3 nitrogen and oxygen atoms in total. The van der Waals surface area contributed by atoms with Crippen LogP contribution in [0.3, 0.4) is 0 Å². The molecule has 0 radical (unpaired) electrons. The van der Waals surface area contributed by atoms with E-state index in [0.717, 1.165) is 42.5 Å². The van der Waals surface area contributed by atoms with Gasteiger partial charge in [0.05, 0.1) is 0 Å². The highest BCUT2D eigenvalue weighted by Crippen LogP contribution is 2.20. The molecule has 0 bridgehead atoms. The molecule has 1 aliphatic heterocycles. The minimum atomic E-state index is 0.0536. The van der Waals surface area contributed by atoms with Crippen molar-refractivity contribution in [1.29, 1.82) is 0 Å². The van der Waals surface area contributed by atoms with Crippen LogP contribution in [0.4, 0.5) is 0 Å². The number of benzene rings is 1. The molecule has 1 aromatic carbocycles. The van der Waals surface area contributed by atoms with Gasteiger partial charge < -0.3 is 10.2 Å². The van der Waals surface area contributed by atoms with Crippen LogP contribution in [0.2, 0.25) is 0 Å². The third-order valence-corrected chi connectivity index (χ3v) is 4.51. The molecule has 1 aliphatic rings. The van der Waals surface area contributed by atoms with Gasteiger partial charge in [-0.05, 0) is 56.7 Å². The van der Waals surface area contributed by atoms with Crippen LogP contribution in [0.15, 0.2) is 18.2 Å². The number of aryl methyl sites for hydroxylation is 2. The molecule has 3 heteroatoms. The van der Waals surface area contributed by atoms with E-state index >= 15 is 0 Å². The maximum Gasteiger partial charge on any atom is 0.251 e. The van der Waals surface area contributed by atoms with Crippen LogP contribution in [-0.2, 0) is 0 Å². The lowest BCUT2D eigenvalue weighted by atomic mass is 9.92. The number of hydrogen-bond acceptors (Lipinski definition) is 2. The molecule has 2 unspecified atom stereocenters. The number of hydrogen-bond donors (Lipinski definition) is 1. The average molecular weight is 302 g/mol. The molecule has 1 heterocycles. The van der Waals surface area contributed by atoms with E-state index in [-0.39, 0.29) is 5.91 Å². The average Bonchev–Trinajstić information content (AvgIpc) is 2.42. The second-order valence-electron chi connectivity index (χ2n) is 7.13. The highest BCUT2D eigenvalue weighted by molar-refractivity contribution is 5.95. The molecule has 2 atom stereocenters. The van der Waals surface area contributed by atoms with Crippen LogP contribution < -0.4 is 5.32 Å². The van der Waals surface area contributed by atoms with Crippen LogP contribution in [0.1, 0.15) is 48.2 Å². The SMILES string of the molecule is Cc1ccc(C(=O)NCCCN2CC(C)CC(C)C2)c(C)c1. The summed E-state index contributed by atoms with van der Waals surface area (Å²) in [6.45, 7) is 13.0. The Hall–Kier alpha value is -1.35. The summed E-state index contributed by atoms with van der Waals surface area (Å²) < 4.78 is 0. The Balaban J connectivity index is 1.73. The van der Waals surface area contributed by atoms with E-state index in [4.69, 9.17) is 0 Å². The summed E-state index contributed by atoms with van der Waals surface area (Å²) in [7, 11) is 0. The van der Waals surface area contributed by atoms with E-state index in [1.54, 1.807) is 0 Å². The normalized spacial score (nSPS) is 22.5. The third kappa shape index (κ3) is 4.84. The maximum atomic E-state index is 12.2. The van der Waals surface area contributed by atoms with E-state index in [2.05, 4.69) is 37.1 Å². The predicted molar refractivity (Wildman–Crippen MR) is 92.3 cm³/mol. The fourth-order valence-electron chi connectivity index (χ4n) is 3.64. The molecular weight excluding hydrogens is 272 g/mol. The molecule has 2 rings (SSSR count). The summed E-state index contributed by atoms with van der Waals surface area (Å²) >= 11 is 0. The molecule has 0 aromatic heterocycles. The summed E-state index contributed by atoms with van der Waals surface area (Å²) in [4.78, 5) is 14.8. The topological polar surface area (TPSA) is 32.3 Å². The molecule has 22 heavy (non-hydrogen) atoms. The summed E-state index contributed by atoms with van der Waals surface area (Å²) in [5, 5.41) is 3.06. The first kappa shape index (κ1) is 17.0. The second-order valence-corrected chi connectivity index (χ2v) is 7.13.